The van der Waals surface area contributed by atoms with Crippen molar-refractivity contribution in [3.05, 3.63) is 66.4 Å². The molecular formula is C26H28N4O6. The Hall–Kier alpha value is -4.60. The highest BCUT2D eigenvalue weighted by Gasteiger charge is 2.15. The standard InChI is InChI=1S/C26H28N4O6/c1-4-14-27-26(33)28-23(31)17-36-24(32)13-11-19-16-30(20-8-6-5-7-9-20)29-25(19)18-10-12-21(34-2)22(15-18)35-3/h5-13,15-16H,4,14,17H2,1-3H3,(H2,27,28,31,33). The fourth-order valence-electron chi connectivity index (χ4n) is 3.22. The monoisotopic (exact) mass is 492 g/mol. The van der Waals surface area contributed by atoms with E-state index < -0.39 is 24.5 Å². The molecule has 0 aliphatic rings. The maximum atomic E-state index is 12.2. The van der Waals surface area contributed by atoms with Gasteiger partial charge in [0.25, 0.3) is 5.91 Å². The van der Waals surface area contributed by atoms with Crippen molar-refractivity contribution >= 4 is 24.0 Å². The molecule has 2 aromatic carbocycles. The minimum absolute atomic E-state index is 0.431. The SMILES string of the molecule is CCCNC(=O)NC(=O)COC(=O)C=Cc1cn(-c2ccccc2)nc1-c1ccc(OC)c(OC)c1. The zero-order valence-electron chi connectivity index (χ0n) is 20.3. The van der Waals surface area contributed by atoms with Gasteiger partial charge in [-0.1, -0.05) is 25.1 Å². The van der Waals surface area contributed by atoms with Crippen molar-refractivity contribution < 1.29 is 28.6 Å². The van der Waals surface area contributed by atoms with Crippen LogP contribution in [0.2, 0.25) is 0 Å². The molecule has 0 bridgehead atoms. The highest BCUT2D eigenvalue weighted by atomic mass is 16.5. The fraction of sp³-hybridized carbons (Fsp3) is 0.231. The van der Waals surface area contributed by atoms with Gasteiger partial charge in [0.2, 0.25) is 0 Å². The fourth-order valence-corrected chi connectivity index (χ4v) is 3.22. The number of urea groups is 1. The molecule has 0 aliphatic heterocycles. The highest BCUT2D eigenvalue weighted by Crippen LogP contribution is 2.33. The molecule has 0 radical (unpaired) electrons. The molecule has 0 atom stereocenters. The van der Waals surface area contributed by atoms with Crippen LogP contribution in [-0.4, -0.2) is 55.1 Å². The Labute approximate surface area is 208 Å². The second-order valence-corrected chi connectivity index (χ2v) is 7.53. The first-order valence-electron chi connectivity index (χ1n) is 11.2. The zero-order chi connectivity index (χ0) is 25.9. The summed E-state index contributed by atoms with van der Waals surface area (Å²) in [5.41, 5.74) is 2.80. The van der Waals surface area contributed by atoms with Crippen molar-refractivity contribution in [2.24, 2.45) is 0 Å². The van der Waals surface area contributed by atoms with Crippen LogP contribution in [0.15, 0.2) is 60.8 Å². The number of ether oxygens (including phenoxy) is 3. The number of rotatable bonds is 10. The second-order valence-electron chi connectivity index (χ2n) is 7.53. The summed E-state index contributed by atoms with van der Waals surface area (Å²) in [6.07, 6.45) is 5.25. The summed E-state index contributed by atoms with van der Waals surface area (Å²) < 4.78 is 17.4. The van der Waals surface area contributed by atoms with E-state index in [0.717, 1.165) is 17.7 Å². The number of hydrogen-bond acceptors (Lipinski definition) is 7. The quantitative estimate of drug-likeness (QED) is 0.329. The normalized spacial score (nSPS) is 10.6. The third-order valence-corrected chi connectivity index (χ3v) is 4.95. The van der Waals surface area contributed by atoms with E-state index in [1.807, 2.05) is 43.3 Å². The third kappa shape index (κ3) is 6.95. The molecule has 0 spiro atoms. The van der Waals surface area contributed by atoms with Crippen LogP contribution in [-0.2, 0) is 14.3 Å². The van der Waals surface area contributed by atoms with Gasteiger partial charge in [0.15, 0.2) is 18.1 Å². The van der Waals surface area contributed by atoms with Crippen molar-refractivity contribution in [2.75, 3.05) is 27.4 Å². The number of amides is 3. The molecule has 0 aliphatic carbocycles. The van der Waals surface area contributed by atoms with Gasteiger partial charge in [-0.25, -0.2) is 14.3 Å². The van der Waals surface area contributed by atoms with E-state index in [1.165, 1.54) is 6.08 Å². The predicted octanol–water partition coefficient (Wildman–Crippen LogP) is 3.35. The van der Waals surface area contributed by atoms with Crippen LogP contribution >= 0.6 is 0 Å². The Morgan fingerprint density at radius 1 is 1.03 bits per heavy atom. The van der Waals surface area contributed by atoms with Crippen LogP contribution < -0.4 is 20.1 Å². The molecule has 1 aromatic heterocycles. The molecule has 3 rings (SSSR count). The van der Waals surface area contributed by atoms with Gasteiger partial charge in [-0.2, -0.15) is 5.10 Å². The number of para-hydroxylation sites is 1. The van der Waals surface area contributed by atoms with Crippen molar-refractivity contribution in [2.45, 2.75) is 13.3 Å². The number of esters is 1. The summed E-state index contributed by atoms with van der Waals surface area (Å²) in [6.45, 7) is 1.73. The van der Waals surface area contributed by atoms with Crippen molar-refractivity contribution in [3.8, 4) is 28.4 Å². The molecule has 2 N–H and O–H groups in total. The van der Waals surface area contributed by atoms with Gasteiger partial charge in [0.05, 0.1) is 19.9 Å². The van der Waals surface area contributed by atoms with E-state index in [1.54, 1.807) is 43.3 Å². The summed E-state index contributed by atoms with van der Waals surface area (Å²) in [4.78, 5) is 35.6. The molecule has 3 amide bonds. The number of carbonyl (C=O) groups is 3. The lowest BCUT2D eigenvalue weighted by Gasteiger charge is -2.09. The van der Waals surface area contributed by atoms with Gasteiger partial charge in [-0.05, 0) is 42.8 Å². The number of benzene rings is 2. The lowest BCUT2D eigenvalue weighted by atomic mass is 10.1. The van der Waals surface area contributed by atoms with Crippen LogP contribution in [0, 0.1) is 0 Å². The summed E-state index contributed by atoms with van der Waals surface area (Å²) in [7, 11) is 3.10. The molecule has 10 nitrogen and oxygen atoms in total. The van der Waals surface area contributed by atoms with Gasteiger partial charge in [0, 0.05) is 29.9 Å². The van der Waals surface area contributed by atoms with Crippen molar-refractivity contribution in [3.63, 3.8) is 0 Å². The first kappa shape index (κ1) is 26.0. The number of imide groups is 1. The number of methoxy groups -OCH3 is 2. The summed E-state index contributed by atoms with van der Waals surface area (Å²) in [5, 5.41) is 9.29. The van der Waals surface area contributed by atoms with Crippen LogP contribution in [0.25, 0.3) is 23.0 Å². The number of hydrogen-bond donors (Lipinski definition) is 2. The lowest BCUT2D eigenvalue weighted by Crippen LogP contribution is -2.41. The molecule has 36 heavy (non-hydrogen) atoms. The largest absolute Gasteiger partial charge is 0.493 e. The number of nitrogens with zero attached hydrogens (tertiary/aromatic N) is 2. The third-order valence-electron chi connectivity index (χ3n) is 4.95. The first-order valence-corrected chi connectivity index (χ1v) is 11.2. The van der Waals surface area contributed by atoms with Crippen molar-refractivity contribution in [1.29, 1.82) is 0 Å². The number of aromatic nitrogens is 2. The zero-order valence-corrected chi connectivity index (χ0v) is 20.3. The van der Waals surface area contributed by atoms with E-state index in [0.29, 0.717) is 29.3 Å². The second kappa shape index (κ2) is 12.7. The minimum Gasteiger partial charge on any atom is -0.493 e. The van der Waals surface area contributed by atoms with E-state index in [4.69, 9.17) is 19.3 Å². The molecule has 3 aromatic rings. The van der Waals surface area contributed by atoms with Gasteiger partial charge >= 0.3 is 12.0 Å². The van der Waals surface area contributed by atoms with Crippen LogP contribution in [0.3, 0.4) is 0 Å². The molecule has 0 saturated heterocycles. The van der Waals surface area contributed by atoms with Gasteiger partial charge in [0.1, 0.15) is 5.69 Å². The van der Waals surface area contributed by atoms with Gasteiger partial charge in [-0.15, -0.1) is 0 Å². The Kier molecular flexibility index (Phi) is 9.21. The van der Waals surface area contributed by atoms with Crippen LogP contribution in [0.1, 0.15) is 18.9 Å². The lowest BCUT2D eigenvalue weighted by molar-refractivity contribution is -0.143. The molecule has 0 saturated carbocycles. The Morgan fingerprint density at radius 3 is 2.47 bits per heavy atom. The Balaban J connectivity index is 1.79. The number of nitrogens with one attached hydrogen (secondary N) is 2. The maximum Gasteiger partial charge on any atom is 0.331 e. The predicted molar refractivity (Wildman–Crippen MR) is 134 cm³/mol. The molecule has 0 fully saturated rings. The maximum absolute atomic E-state index is 12.2. The van der Waals surface area contributed by atoms with E-state index in [2.05, 4.69) is 10.6 Å². The summed E-state index contributed by atoms with van der Waals surface area (Å²) in [6, 6.07) is 14.3. The molecule has 0 unspecified atom stereocenters. The Bertz CT molecular complexity index is 1240. The van der Waals surface area contributed by atoms with E-state index >= 15 is 0 Å². The highest BCUT2D eigenvalue weighted by molar-refractivity contribution is 5.96. The first-order chi connectivity index (χ1) is 17.4. The van der Waals surface area contributed by atoms with Crippen molar-refractivity contribution in [1.82, 2.24) is 20.4 Å². The topological polar surface area (TPSA) is 121 Å². The molecule has 188 valence electrons. The average molecular weight is 493 g/mol. The van der Waals surface area contributed by atoms with E-state index in [-0.39, 0.29) is 0 Å². The van der Waals surface area contributed by atoms with Crippen LogP contribution in [0.5, 0.6) is 11.5 Å². The van der Waals surface area contributed by atoms with Gasteiger partial charge < -0.3 is 19.5 Å². The Morgan fingerprint density at radius 2 is 1.78 bits per heavy atom. The van der Waals surface area contributed by atoms with Crippen LogP contribution in [0.4, 0.5) is 4.79 Å². The smallest absolute Gasteiger partial charge is 0.331 e. The molecule has 10 heteroatoms. The van der Waals surface area contributed by atoms with Gasteiger partial charge in [-0.3, -0.25) is 10.1 Å². The van der Waals surface area contributed by atoms with E-state index in [9.17, 15) is 14.4 Å². The number of carbonyl (C=O) groups excluding carboxylic acids is 3. The summed E-state index contributed by atoms with van der Waals surface area (Å²) >= 11 is 0. The minimum atomic E-state index is -0.746. The summed E-state index contributed by atoms with van der Waals surface area (Å²) in [5.74, 6) is -0.364. The molecule has 1 heterocycles. The average Bonchev–Trinajstić information content (AvgIpc) is 3.34. The molecular weight excluding hydrogens is 464 g/mol.